The minimum absolute atomic E-state index is 0.0934. The quantitative estimate of drug-likeness (QED) is 0.809. The van der Waals surface area contributed by atoms with Gasteiger partial charge in [0.15, 0.2) is 0 Å². The molecule has 1 heterocycles. The third-order valence-corrected chi connectivity index (χ3v) is 5.00. The predicted molar refractivity (Wildman–Crippen MR) is 78.6 cm³/mol. The van der Waals surface area contributed by atoms with Gasteiger partial charge in [0.1, 0.15) is 4.88 Å². The number of amides is 1. The van der Waals surface area contributed by atoms with E-state index in [-0.39, 0.29) is 17.9 Å². The van der Waals surface area contributed by atoms with Gasteiger partial charge >= 0.3 is 0 Å². The van der Waals surface area contributed by atoms with Crippen molar-refractivity contribution in [1.29, 1.82) is 0 Å². The molecule has 108 valence electrons. The molecule has 0 aliphatic rings. The molecule has 0 spiro atoms. The predicted octanol–water partition coefficient (Wildman–Crippen LogP) is 2.80. The average Bonchev–Trinajstić information content (AvgIpc) is 2.90. The van der Waals surface area contributed by atoms with E-state index < -0.39 is 0 Å². The molecule has 2 N–H and O–H groups in total. The van der Waals surface area contributed by atoms with Crippen LogP contribution in [0, 0.1) is 5.41 Å². The van der Waals surface area contributed by atoms with E-state index in [1.54, 1.807) is 6.20 Å². The van der Waals surface area contributed by atoms with Crippen molar-refractivity contribution in [2.24, 2.45) is 5.41 Å². The molecule has 19 heavy (non-hydrogen) atoms. The van der Waals surface area contributed by atoms with E-state index in [1.807, 2.05) is 13.8 Å². The Kier molecular flexibility index (Phi) is 5.94. The second kappa shape index (κ2) is 7.01. The van der Waals surface area contributed by atoms with Crippen molar-refractivity contribution in [1.82, 2.24) is 10.3 Å². The zero-order valence-electron chi connectivity index (χ0n) is 12.2. The molecule has 0 fully saturated rings. The topological polar surface area (TPSA) is 62.2 Å². The van der Waals surface area contributed by atoms with Gasteiger partial charge in [-0.2, -0.15) is 0 Å². The van der Waals surface area contributed by atoms with Crippen LogP contribution in [-0.2, 0) is 0 Å². The maximum atomic E-state index is 12.1. The third-order valence-electron chi connectivity index (χ3n) is 3.70. The van der Waals surface area contributed by atoms with Gasteiger partial charge in [0.25, 0.3) is 5.91 Å². The minimum atomic E-state index is -0.207. The Labute approximate surface area is 119 Å². The molecule has 0 saturated carbocycles. The number of aromatic nitrogens is 1. The second-order valence-electron chi connectivity index (χ2n) is 5.27. The Morgan fingerprint density at radius 2 is 2.11 bits per heavy atom. The number of carbonyl (C=O) groups excluding carboxylic acids is 1. The highest BCUT2D eigenvalue weighted by atomic mass is 32.1. The first kappa shape index (κ1) is 16.1. The zero-order valence-corrected chi connectivity index (χ0v) is 13.0. The average molecular weight is 284 g/mol. The number of hydrogen-bond donors (Lipinski definition) is 2. The summed E-state index contributed by atoms with van der Waals surface area (Å²) in [6.45, 7) is 8.80. The van der Waals surface area contributed by atoms with E-state index in [0.717, 1.165) is 17.8 Å². The van der Waals surface area contributed by atoms with Crippen LogP contribution in [0.5, 0.6) is 0 Å². The van der Waals surface area contributed by atoms with Crippen LogP contribution >= 0.6 is 11.3 Å². The van der Waals surface area contributed by atoms with Gasteiger partial charge in [0.05, 0.1) is 17.8 Å². The molecular weight excluding hydrogens is 260 g/mol. The summed E-state index contributed by atoms with van der Waals surface area (Å²) in [7, 11) is 0. The molecule has 0 saturated heterocycles. The molecule has 0 atom stereocenters. The van der Waals surface area contributed by atoms with Crippen molar-refractivity contribution in [3.8, 4) is 0 Å². The molecule has 1 aromatic rings. The highest BCUT2D eigenvalue weighted by molar-refractivity contribution is 7.13. The number of hydrogen-bond acceptors (Lipinski definition) is 4. The highest BCUT2D eigenvalue weighted by Crippen LogP contribution is 2.25. The van der Waals surface area contributed by atoms with Crippen molar-refractivity contribution in [3.05, 3.63) is 16.1 Å². The number of nitrogens with zero attached hydrogens (tertiary/aromatic N) is 1. The summed E-state index contributed by atoms with van der Waals surface area (Å²) in [6, 6.07) is 0. The van der Waals surface area contributed by atoms with Gasteiger partial charge in [-0.25, -0.2) is 4.98 Å². The standard InChI is InChI=1S/C14H24N2O2S/c1-5-14(6-2,9-17)8-16-12(18)11-7-15-13(19-11)10(3)4/h7,10,17H,5-6,8-9H2,1-4H3,(H,16,18). The van der Waals surface area contributed by atoms with Crippen LogP contribution < -0.4 is 5.32 Å². The lowest BCUT2D eigenvalue weighted by molar-refractivity contribution is 0.0854. The SMILES string of the molecule is CCC(CC)(CO)CNC(=O)c1cnc(C(C)C)s1. The number of rotatable bonds is 7. The Bertz CT molecular complexity index is 403. The maximum Gasteiger partial charge on any atom is 0.263 e. The number of thiazole rings is 1. The van der Waals surface area contributed by atoms with Gasteiger partial charge in [-0.05, 0) is 12.8 Å². The Balaban J connectivity index is 2.64. The van der Waals surface area contributed by atoms with Crippen LogP contribution in [-0.4, -0.2) is 29.1 Å². The maximum absolute atomic E-state index is 12.1. The summed E-state index contributed by atoms with van der Waals surface area (Å²) in [6.07, 6.45) is 3.33. The highest BCUT2D eigenvalue weighted by Gasteiger charge is 2.26. The van der Waals surface area contributed by atoms with Gasteiger partial charge in [0, 0.05) is 17.9 Å². The molecule has 0 bridgehead atoms. The van der Waals surface area contributed by atoms with E-state index >= 15 is 0 Å². The van der Waals surface area contributed by atoms with Crippen LogP contribution in [0.2, 0.25) is 0 Å². The Morgan fingerprint density at radius 1 is 1.47 bits per heavy atom. The van der Waals surface area contributed by atoms with E-state index in [0.29, 0.717) is 17.3 Å². The van der Waals surface area contributed by atoms with Gasteiger partial charge in [0.2, 0.25) is 0 Å². The minimum Gasteiger partial charge on any atom is -0.396 e. The van der Waals surface area contributed by atoms with Gasteiger partial charge < -0.3 is 10.4 Å². The third kappa shape index (κ3) is 4.01. The molecular formula is C14H24N2O2S. The van der Waals surface area contributed by atoms with Crippen LogP contribution in [0.1, 0.15) is 61.1 Å². The van der Waals surface area contributed by atoms with E-state index in [1.165, 1.54) is 11.3 Å². The molecule has 0 unspecified atom stereocenters. The monoisotopic (exact) mass is 284 g/mol. The summed E-state index contributed by atoms with van der Waals surface area (Å²) in [5.74, 6) is 0.249. The lowest BCUT2D eigenvalue weighted by atomic mass is 9.83. The fourth-order valence-electron chi connectivity index (χ4n) is 1.79. The largest absolute Gasteiger partial charge is 0.396 e. The first-order valence-corrected chi connectivity index (χ1v) is 7.64. The molecule has 1 aromatic heterocycles. The smallest absolute Gasteiger partial charge is 0.263 e. The van der Waals surface area contributed by atoms with E-state index in [9.17, 15) is 9.90 Å². The number of carbonyl (C=O) groups is 1. The van der Waals surface area contributed by atoms with Crippen molar-refractivity contribution in [3.63, 3.8) is 0 Å². The van der Waals surface area contributed by atoms with Gasteiger partial charge in [-0.3, -0.25) is 4.79 Å². The first-order valence-electron chi connectivity index (χ1n) is 6.82. The molecule has 1 amide bonds. The number of aliphatic hydroxyl groups excluding tert-OH is 1. The van der Waals surface area contributed by atoms with Crippen molar-refractivity contribution in [2.45, 2.75) is 46.5 Å². The summed E-state index contributed by atoms with van der Waals surface area (Å²) in [4.78, 5) is 16.9. The lowest BCUT2D eigenvalue weighted by Crippen LogP contribution is -2.39. The van der Waals surface area contributed by atoms with Crippen molar-refractivity contribution < 1.29 is 9.90 Å². The lowest BCUT2D eigenvalue weighted by Gasteiger charge is -2.29. The molecule has 0 aromatic carbocycles. The fourth-order valence-corrected chi connectivity index (χ4v) is 2.63. The van der Waals surface area contributed by atoms with Crippen LogP contribution in [0.25, 0.3) is 0 Å². The van der Waals surface area contributed by atoms with E-state index in [2.05, 4.69) is 24.1 Å². The molecule has 0 aliphatic heterocycles. The Morgan fingerprint density at radius 3 is 2.53 bits per heavy atom. The zero-order chi connectivity index (χ0) is 14.5. The Hall–Kier alpha value is -0.940. The van der Waals surface area contributed by atoms with Gasteiger partial charge in [-0.15, -0.1) is 11.3 Å². The number of nitrogens with one attached hydrogen (secondary N) is 1. The summed E-state index contributed by atoms with van der Waals surface area (Å²) < 4.78 is 0. The first-order chi connectivity index (χ1) is 8.98. The normalized spacial score (nSPS) is 11.9. The number of aliphatic hydroxyl groups is 1. The molecule has 4 nitrogen and oxygen atoms in total. The summed E-state index contributed by atoms with van der Waals surface area (Å²) in [5, 5.41) is 13.4. The van der Waals surface area contributed by atoms with Crippen LogP contribution in [0.4, 0.5) is 0 Å². The molecule has 5 heteroatoms. The van der Waals surface area contributed by atoms with Crippen molar-refractivity contribution >= 4 is 17.2 Å². The summed E-state index contributed by atoms with van der Waals surface area (Å²) >= 11 is 1.44. The fraction of sp³-hybridized carbons (Fsp3) is 0.714. The van der Waals surface area contributed by atoms with Crippen LogP contribution in [0.15, 0.2) is 6.20 Å². The summed E-state index contributed by atoms with van der Waals surface area (Å²) in [5.41, 5.74) is -0.207. The molecule has 0 aliphatic carbocycles. The van der Waals surface area contributed by atoms with E-state index in [4.69, 9.17) is 0 Å². The van der Waals surface area contributed by atoms with Crippen molar-refractivity contribution in [2.75, 3.05) is 13.2 Å². The molecule has 0 radical (unpaired) electrons. The second-order valence-corrected chi connectivity index (χ2v) is 6.33. The van der Waals surface area contributed by atoms with Crippen LogP contribution in [0.3, 0.4) is 0 Å². The molecule has 1 rings (SSSR count). The van der Waals surface area contributed by atoms with Gasteiger partial charge in [-0.1, -0.05) is 27.7 Å².